The van der Waals surface area contributed by atoms with Gasteiger partial charge in [-0.1, -0.05) is 42.5 Å². The van der Waals surface area contributed by atoms with Crippen LogP contribution < -0.4 is 4.74 Å². The van der Waals surface area contributed by atoms with Crippen molar-refractivity contribution in [1.29, 1.82) is 0 Å². The van der Waals surface area contributed by atoms with Crippen molar-refractivity contribution in [2.75, 3.05) is 7.11 Å². The Morgan fingerprint density at radius 2 is 1.72 bits per heavy atom. The second-order valence-electron chi connectivity index (χ2n) is 5.05. The van der Waals surface area contributed by atoms with Crippen molar-refractivity contribution in [3.63, 3.8) is 0 Å². The number of benzene rings is 2. The van der Waals surface area contributed by atoms with Crippen LogP contribution in [0.1, 0.15) is 16.7 Å². The largest absolute Gasteiger partial charge is 0.496 e. The fraction of sp³-hybridized carbons (Fsp3) is 0.105. The van der Waals surface area contributed by atoms with Crippen LogP contribution in [-0.2, 0) is 11.0 Å². The molecular formula is C19H15F3O3. The molecule has 25 heavy (non-hydrogen) atoms. The highest BCUT2D eigenvalue weighted by atomic mass is 19.4. The van der Waals surface area contributed by atoms with E-state index in [4.69, 9.17) is 9.84 Å². The highest BCUT2D eigenvalue weighted by molar-refractivity contribution is 5.85. The van der Waals surface area contributed by atoms with Gasteiger partial charge in [-0.05, 0) is 29.3 Å². The molecule has 130 valence electrons. The lowest BCUT2D eigenvalue weighted by atomic mass is 9.95. The summed E-state index contributed by atoms with van der Waals surface area (Å²) in [5.41, 5.74) is 0.938. The maximum Gasteiger partial charge on any atom is 0.416 e. The van der Waals surface area contributed by atoms with Gasteiger partial charge in [0.05, 0.1) is 12.7 Å². The Morgan fingerprint density at radius 3 is 2.28 bits per heavy atom. The van der Waals surface area contributed by atoms with Crippen molar-refractivity contribution in [2.24, 2.45) is 0 Å². The molecule has 0 fully saturated rings. The molecule has 0 aliphatic rings. The Balaban J connectivity index is 2.54. The molecule has 0 spiro atoms. The number of carbonyl (C=O) groups is 1. The van der Waals surface area contributed by atoms with Gasteiger partial charge in [-0.2, -0.15) is 13.2 Å². The van der Waals surface area contributed by atoms with E-state index in [9.17, 15) is 18.0 Å². The molecule has 3 nitrogen and oxygen atoms in total. The molecule has 0 radical (unpaired) electrons. The summed E-state index contributed by atoms with van der Waals surface area (Å²) in [6.45, 7) is 0. The summed E-state index contributed by atoms with van der Waals surface area (Å²) in [7, 11) is 1.48. The smallest absolute Gasteiger partial charge is 0.416 e. The Hall–Kier alpha value is -3.02. The van der Waals surface area contributed by atoms with E-state index in [2.05, 4.69) is 0 Å². The maximum absolute atomic E-state index is 12.7. The number of hydrogen-bond donors (Lipinski definition) is 1. The molecule has 0 heterocycles. The molecule has 2 aromatic carbocycles. The van der Waals surface area contributed by atoms with Crippen LogP contribution in [0, 0.1) is 0 Å². The zero-order chi connectivity index (χ0) is 18.4. The highest BCUT2D eigenvalue weighted by Gasteiger charge is 2.30. The molecule has 0 unspecified atom stereocenters. The monoisotopic (exact) mass is 348 g/mol. The minimum absolute atomic E-state index is 0.507. The van der Waals surface area contributed by atoms with Crippen LogP contribution in [0.15, 0.2) is 66.8 Å². The van der Waals surface area contributed by atoms with Gasteiger partial charge in [0, 0.05) is 11.6 Å². The Kier molecular flexibility index (Phi) is 5.64. The number of methoxy groups -OCH3 is 1. The Bertz CT molecular complexity index is 803. The molecule has 6 heteroatoms. The molecule has 0 amide bonds. The summed E-state index contributed by atoms with van der Waals surface area (Å²) < 4.78 is 43.5. The number of ether oxygens (including phenoxy) is 1. The third-order valence-corrected chi connectivity index (χ3v) is 3.42. The first kappa shape index (κ1) is 18.3. The molecule has 0 atom stereocenters. The van der Waals surface area contributed by atoms with Gasteiger partial charge in [0.1, 0.15) is 5.75 Å². The number of rotatable bonds is 5. The van der Waals surface area contributed by atoms with E-state index in [1.54, 1.807) is 24.3 Å². The van der Waals surface area contributed by atoms with Crippen molar-refractivity contribution in [1.82, 2.24) is 0 Å². The van der Waals surface area contributed by atoms with E-state index in [-0.39, 0.29) is 0 Å². The first-order chi connectivity index (χ1) is 11.8. The van der Waals surface area contributed by atoms with Gasteiger partial charge in [0.15, 0.2) is 0 Å². The van der Waals surface area contributed by atoms with E-state index in [1.165, 1.54) is 31.4 Å². The number of hydrogen-bond acceptors (Lipinski definition) is 2. The van der Waals surface area contributed by atoms with E-state index in [0.717, 1.165) is 18.2 Å². The van der Waals surface area contributed by atoms with Gasteiger partial charge < -0.3 is 9.84 Å². The van der Waals surface area contributed by atoms with Crippen LogP contribution in [0.4, 0.5) is 13.2 Å². The van der Waals surface area contributed by atoms with Crippen LogP contribution in [-0.4, -0.2) is 18.2 Å². The van der Waals surface area contributed by atoms with Crippen LogP contribution in [0.25, 0.3) is 5.57 Å². The van der Waals surface area contributed by atoms with E-state index in [0.29, 0.717) is 22.4 Å². The summed E-state index contributed by atoms with van der Waals surface area (Å²) in [5.74, 6) is -0.597. The van der Waals surface area contributed by atoms with Gasteiger partial charge in [0.25, 0.3) is 0 Å². The number of alkyl halides is 3. The first-order valence-electron chi connectivity index (χ1n) is 7.25. The van der Waals surface area contributed by atoms with Crippen molar-refractivity contribution < 1.29 is 27.8 Å². The van der Waals surface area contributed by atoms with Crippen LogP contribution in [0.3, 0.4) is 0 Å². The molecule has 0 saturated heterocycles. The number of aliphatic carboxylic acids is 1. The molecule has 0 aromatic heterocycles. The third-order valence-electron chi connectivity index (χ3n) is 3.42. The summed E-state index contributed by atoms with van der Waals surface area (Å²) in [5, 5.41) is 8.73. The van der Waals surface area contributed by atoms with Crippen molar-refractivity contribution in [3.8, 4) is 5.75 Å². The van der Waals surface area contributed by atoms with E-state index < -0.39 is 17.7 Å². The topological polar surface area (TPSA) is 46.5 Å². The number of carboxylic acid groups (broad SMARTS) is 1. The molecule has 0 bridgehead atoms. The minimum atomic E-state index is -4.42. The Labute approximate surface area is 142 Å². The zero-order valence-corrected chi connectivity index (χ0v) is 13.2. The average molecular weight is 348 g/mol. The van der Waals surface area contributed by atoms with Gasteiger partial charge >= 0.3 is 12.1 Å². The maximum atomic E-state index is 12.7. The highest BCUT2D eigenvalue weighted by Crippen LogP contribution is 2.34. The fourth-order valence-electron chi connectivity index (χ4n) is 2.27. The standard InChI is InChI=1S/C19H15F3O3/c1-25-17-7-3-2-5-16(17)15(6-4-8-18(23)24)13-9-11-14(12-10-13)19(20,21)22/h2-12H,1H3,(H,23,24)/b8-4+,15-6-. The SMILES string of the molecule is COc1ccccc1/C(=C\C=C\C(=O)O)c1ccc(C(F)(F)F)cc1. The Morgan fingerprint density at radius 1 is 1.08 bits per heavy atom. The van der Waals surface area contributed by atoms with E-state index in [1.807, 2.05) is 0 Å². The minimum Gasteiger partial charge on any atom is -0.496 e. The van der Waals surface area contributed by atoms with Crippen LogP contribution in [0.2, 0.25) is 0 Å². The van der Waals surface area contributed by atoms with E-state index >= 15 is 0 Å². The second-order valence-corrected chi connectivity index (χ2v) is 5.05. The normalized spacial score (nSPS) is 12.4. The summed E-state index contributed by atoms with van der Waals surface area (Å²) in [4.78, 5) is 10.7. The molecule has 0 aliphatic carbocycles. The van der Waals surface area contributed by atoms with Crippen LogP contribution in [0.5, 0.6) is 5.75 Å². The summed E-state index contributed by atoms with van der Waals surface area (Å²) in [6.07, 6.45) is -0.633. The first-order valence-corrected chi connectivity index (χ1v) is 7.25. The molecular weight excluding hydrogens is 333 g/mol. The molecule has 1 N–H and O–H groups in total. The molecule has 2 rings (SSSR count). The van der Waals surface area contributed by atoms with Crippen molar-refractivity contribution in [2.45, 2.75) is 6.18 Å². The lowest BCUT2D eigenvalue weighted by molar-refractivity contribution is -0.137. The van der Waals surface area contributed by atoms with Gasteiger partial charge in [0.2, 0.25) is 0 Å². The van der Waals surface area contributed by atoms with Gasteiger partial charge in [-0.3, -0.25) is 0 Å². The lowest BCUT2D eigenvalue weighted by Gasteiger charge is -2.13. The zero-order valence-electron chi connectivity index (χ0n) is 13.2. The molecule has 0 aliphatic heterocycles. The number of allylic oxidation sites excluding steroid dienone is 2. The fourth-order valence-corrected chi connectivity index (χ4v) is 2.27. The third kappa shape index (κ3) is 4.73. The molecule has 0 saturated carbocycles. The number of halogens is 3. The summed E-state index contributed by atoms with van der Waals surface area (Å²) in [6, 6.07) is 11.6. The van der Waals surface area contributed by atoms with Gasteiger partial charge in [-0.25, -0.2) is 4.79 Å². The lowest BCUT2D eigenvalue weighted by Crippen LogP contribution is -2.04. The quantitative estimate of drug-likeness (QED) is 0.624. The van der Waals surface area contributed by atoms with Gasteiger partial charge in [-0.15, -0.1) is 0 Å². The predicted molar refractivity (Wildman–Crippen MR) is 88.3 cm³/mol. The number of para-hydroxylation sites is 1. The second kappa shape index (κ2) is 7.70. The predicted octanol–water partition coefficient (Wildman–Crippen LogP) is 4.79. The number of carboxylic acids is 1. The average Bonchev–Trinajstić information content (AvgIpc) is 2.58. The summed E-state index contributed by atoms with van der Waals surface area (Å²) >= 11 is 0. The van der Waals surface area contributed by atoms with Crippen LogP contribution >= 0.6 is 0 Å². The van der Waals surface area contributed by atoms with Crippen molar-refractivity contribution in [3.05, 3.63) is 83.4 Å². The molecule has 2 aromatic rings. The van der Waals surface area contributed by atoms with Crippen molar-refractivity contribution >= 4 is 11.5 Å².